The van der Waals surface area contributed by atoms with Gasteiger partial charge in [-0.3, -0.25) is 38.2 Å². The Kier molecular flexibility index (Phi) is 69.2. The second kappa shape index (κ2) is 73.7. The number of carbonyl (C=O) groups excluding carboxylic acids is 6. The van der Waals surface area contributed by atoms with Crippen LogP contribution in [0.1, 0.15) is 497 Å². The van der Waals surface area contributed by atoms with Gasteiger partial charge < -0.3 is 48.6 Å². The predicted octanol–water partition coefficient (Wildman–Crippen LogP) is 25.0. The number of phosphoric ester groups is 1. The van der Waals surface area contributed by atoms with E-state index in [1.54, 1.807) is 0 Å². The maximum Gasteiger partial charge on any atom is 0.470 e. The molecule has 0 aliphatic carbocycles. The molecule has 0 aromatic rings. The van der Waals surface area contributed by atoms with Crippen LogP contribution < -0.4 is 0 Å². The van der Waals surface area contributed by atoms with Gasteiger partial charge in [-0.1, -0.05) is 388 Å². The fraction of sp³-hybridized carbons (Fsp3) is 0.937. The van der Waals surface area contributed by atoms with Crippen molar-refractivity contribution in [1.29, 1.82) is 0 Å². The molecule has 2 aliphatic heterocycles. The van der Waals surface area contributed by atoms with Crippen LogP contribution in [0, 0.1) is 0 Å². The molecule has 2 rings (SSSR count). The van der Waals surface area contributed by atoms with Crippen molar-refractivity contribution in [2.75, 3.05) is 26.2 Å². The van der Waals surface area contributed by atoms with E-state index in [1.807, 2.05) is 4.90 Å². The van der Waals surface area contributed by atoms with Crippen molar-refractivity contribution < 1.29 is 81.5 Å². The van der Waals surface area contributed by atoms with E-state index in [2.05, 4.69) is 41.5 Å². The Morgan fingerprint density at radius 1 is 0.383 bits per heavy atom. The molecule has 19 nitrogen and oxygen atoms in total. The number of likely N-dealkylation sites (tertiary alicyclic amines) is 1. The summed E-state index contributed by atoms with van der Waals surface area (Å²) in [4.78, 5) is 116. The van der Waals surface area contributed by atoms with Crippen LogP contribution >= 0.6 is 7.82 Å². The van der Waals surface area contributed by atoms with Crippen molar-refractivity contribution in [3.05, 3.63) is 0 Å². The van der Waals surface area contributed by atoms with Gasteiger partial charge in [-0.25, -0.2) is 4.57 Å². The molecule has 0 spiro atoms. The molecule has 0 aromatic carbocycles. The Morgan fingerprint density at radius 2 is 0.635 bits per heavy atom. The summed E-state index contributed by atoms with van der Waals surface area (Å²) in [6.07, 6.45) is 52.3. The van der Waals surface area contributed by atoms with Gasteiger partial charge in [0.25, 0.3) is 0 Å². The first-order valence-electron chi connectivity index (χ1n) is 49.0. The normalized spacial score (nSPS) is 18.0. The van der Waals surface area contributed by atoms with E-state index in [1.165, 1.54) is 154 Å². The standard InChI is InChI=1S/C95H179N2O17P/c1-7-13-19-25-31-37-40-46-52-58-64-72-88(101)109-82(69-61-55-49-43-34-28-22-16-10-4)77-86(99)97(87(100)78-83(70-62-56-50-44-35-29-23-17-11-5)110-89(102)73-65-59-53-47-41-38-32-26-20-14-8-2)95(81-96-75-67-68-76-96)93(92(114-115(106,107)108)85(80-98)112-94(95)105)113-91(104)79-84(71-63-57-51-45-36-30-24-18-12-6)111-90(103)74-66-60-54-48-42-39-33-27-21-15-9-3/h82-85,92-94,98,105H,7-81H2,1-6H3,(H2,106,107,108)/t82-,83-,84-,85-,92-,93+,94-,95-/m1/s1. The van der Waals surface area contributed by atoms with Gasteiger partial charge in [-0.2, -0.15) is 0 Å². The number of aliphatic hydroxyl groups is 2. The van der Waals surface area contributed by atoms with Crippen molar-refractivity contribution in [2.45, 2.75) is 546 Å². The van der Waals surface area contributed by atoms with Gasteiger partial charge in [-0.05, 0) is 83.7 Å². The molecule has 2 heterocycles. The molecular formula is C95H179N2O17P. The Labute approximate surface area is 703 Å². The highest BCUT2D eigenvalue weighted by Gasteiger charge is 2.66. The minimum atomic E-state index is -5.70. The molecule has 2 aliphatic rings. The molecule has 0 aromatic heterocycles. The number of carbonyl (C=O) groups is 6. The van der Waals surface area contributed by atoms with E-state index in [9.17, 15) is 38.9 Å². The highest BCUT2D eigenvalue weighted by Crippen LogP contribution is 2.47. The number of ether oxygens (including phenoxy) is 5. The molecule has 0 radical (unpaired) electrons. The third kappa shape index (κ3) is 55.6. The third-order valence-electron chi connectivity index (χ3n) is 24.1. The third-order valence-corrected chi connectivity index (χ3v) is 24.6. The van der Waals surface area contributed by atoms with Crippen molar-refractivity contribution in [2.24, 2.45) is 0 Å². The smallest absolute Gasteiger partial charge is 0.462 e. The number of hydrogen-bond acceptors (Lipinski definition) is 16. The molecule has 4 N–H and O–H groups in total. The van der Waals surface area contributed by atoms with Crippen LogP contribution in [0.4, 0.5) is 0 Å². The fourth-order valence-corrected chi connectivity index (χ4v) is 17.7. The summed E-state index contributed by atoms with van der Waals surface area (Å²) in [5.74, 6) is -4.42. The summed E-state index contributed by atoms with van der Waals surface area (Å²) in [5.41, 5.74) is -2.62. The maximum atomic E-state index is 16.6. The Bertz CT molecular complexity index is 2310. The summed E-state index contributed by atoms with van der Waals surface area (Å²) in [6, 6.07) is 0. The van der Waals surface area contributed by atoms with E-state index in [-0.39, 0.29) is 38.5 Å². The minimum Gasteiger partial charge on any atom is -0.462 e. The van der Waals surface area contributed by atoms with Crippen molar-refractivity contribution in [3.63, 3.8) is 0 Å². The first-order valence-corrected chi connectivity index (χ1v) is 50.5. The van der Waals surface area contributed by atoms with E-state index in [4.69, 9.17) is 28.2 Å². The summed E-state index contributed by atoms with van der Waals surface area (Å²) < 4.78 is 51.3. The molecule has 0 unspecified atom stereocenters. The summed E-state index contributed by atoms with van der Waals surface area (Å²) in [5, 5.41) is 24.6. The van der Waals surface area contributed by atoms with Crippen LogP contribution in [0.15, 0.2) is 0 Å². The number of nitrogens with zero attached hydrogens (tertiary/aromatic N) is 2. The first kappa shape index (κ1) is 108. The van der Waals surface area contributed by atoms with Crippen LogP contribution in [-0.2, 0) is 61.5 Å². The second-order valence-corrected chi connectivity index (χ2v) is 36.1. The number of rotatable bonds is 82. The quantitative estimate of drug-likeness (QED) is 0.0191. The fourth-order valence-electron chi connectivity index (χ4n) is 17.1. The Hall–Kier alpha value is -3.03. The minimum absolute atomic E-state index is 0.107. The molecule has 20 heteroatoms. The summed E-state index contributed by atoms with van der Waals surface area (Å²) >= 11 is 0. The Balaban J connectivity index is 2.94. The lowest BCUT2D eigenvalue weighted by Crippen LogP contribution is -2.79. The topological polar surface area (TPSA) is 262 Å². The zero-order chi connectivity index (χ0) is 83.9. The van der Waals surface area contributed by atoms with E-state index >= 15 is 14.4 Å². The highest BCUT2D eigenvalue weighted by molar-refractivity contribution is 7.46. The molecule has 8 atom stereocenters. The van der Waals surface area contributed by atoms with E-state index < -0.39 is 124 Å². The largest absolute Gasteiger partial charge is 0.470 e. The van der Waals surface area contributed by atoms with E-state index in [0.717, 1.165) is 198 Å². The van der Waals surface area contributed by atoms with Crippen molar-refractivity contribution >= 4 is 43.5 Å². The highest BCUT2D eigenvalue weighted by atomic mass is 31.2. The summed E-state index contributed by atoms with van der Waals surface area (Å²) in [6.45, 7) is 12.5. The number of unbranched alkanes of at least 4 members (excludes halogenated alkanes) is 54. The molecule has 676 valence electrons. The van der Waals surface area contributed by atoms with Gasteiger partial charge in [-0.15, -0.1) is 0 Å². The first-order chi connectivity index (χ1) is 55.9. The van der Waals surface area contributed by atoms with Crippen molar-refractivity contribution in [3.8, 4) is 0 Å². The second-order valence-electron chi connectivity index (χ2n) is 34.9. The zero-order valence-electron chi connectivity index (χ0n) is 75.0. The van der Waals surface area contributed by atoms with Crippen LogP contribution in [0.2, 0.25) is 0 Å². The average Bonchev–Trinajstić information content (AvgIpc) is 1.48. The molecule has 0 saturated carbocycles. The van der Waals surface area contributed by atoms with Crippen LogP contribution in [0.5, 0.6) is 0 Å². The number of esters is 4. The number of imide groups is 1. The van der Waals surface area contributed by atoms with Gasteiger partial charge in [0.15, 0.2) is 17.9 Å². The van der Waals surface area contributed by atoms with Crippen LogP contribution in [-0.4, -0.2) is 140 Å². The molecule has 2 saturated heterocycles. The van der Waals surface area contributed by atoms with Gasteiger partial charge in [0.2, 0.25) is 11.8 Å². The molecule has 115 heavy (non-hydrogen) atoms. The van der Waals surface area contributed by atoms with Gasteiger partial charge >= 0.3 is 31.7 Å². The van der Waals surface area contributed by atoms with E-state index in [0.29, 0.717) is 64.5 Å². The lowest BCUT2D eigenvalue weighted by atomic mass is 9.79. The van der Waals surface area contributed by atoms with Crippen molar-refractivity contribution in [1.82, 2.24) is 9.80 Å². The van der Waals surface area contributed by atoms with Gasteiger partial charge in [0.1, 0.15) is 30.5 Å². The molecular weight excluding hydrogens is 1470 g/mol. The maximum absolute atomic E-state index is 16.6. The van der Waals surface area contributed by atoms with Crippen LogP contribution in [0.25, 0.3) is 0 Å². The van der Waals surface area contributed by atoms with Crippen LogP contribution in [0.3, 0.4) is 0 Å². The SMILES string of the molecule is CCCCCCCCCCCCCC(=O)O[C@H](CCCCCCCCCCC)CC(=O)O[C@H]1[C@H](OP(=O)(O)O)[C@@H](CO)O[C@@H](O)[C@]1(CN1CCCC1)N(C(=O)C[C@@H](CCCCCCCCCCC)OC(=O)CCCCCCCCCCCCC)C(=O)C[C@@H](CCCCCCCCCCC)OC(=O)CCCCCCCCCCCCC. The predicted molar refractivity (Wildman–Crippen MR) is 467 cm³/mol. The number of phosphoric acid groups is 1. The zero-order valence-corrected chi connectivity index (χ0v) is 75.9. The lowest BCUT2D eigenvalue weighted by molar-refractivity contribution is -0.305. The lowest BCUT2D eigenvalue weighted by Gasteiger charge is -2.56. The average molecular weight is 1650 g/mol. The van der Waals surface area contributed by atoms with Gasteiger partial charge in [0, 0.05) is 25.8 Å². The number of aliphatic hydroxyl groups excluding tert-OH is 2. The molecule has 0 bridgehead atoms. The van der Waals surface area contributed by atoms with Gasteiger partial charge in [0.05, 0.1) is 25.9 Å². The Morgan fingerprint density at radius 3 is 0.896 bits per heavy atom. The molecule has 2 fully saturated rings. The molecule has 2 amide bonds. The number of amides is 2. The summed E-state index contributed by atoms with van der Waals surface area (Å²) in [7, 11) is -5.70. The number of hydrogen-bond donors (Lipinski definition) is 4. The monoisotopic (exact) mass is 1650 g/mol.